The Morgan fingerprint density at radius 2 is 1.93 bits per heavy atom. The molecule has 2 aromatic carbocycles. The lowest BCUT2D eigenvalue weighted by Crippen LogP contribution is -1.95. The lowest BCUT2D eigenvalue weighted by molar-refractivity contribution is 0.0697. The van der Waals surface area contributed by atoms with E-state index in [2.05, 4.69) is 0 Å². The standard InChI is InChI=1S/C12H10O3/c1-7-4-10(13)5-8-2-3-9(12(14)15)6-11(7)8/h2-6,13H,1H3,(H,14,15). The number of aromatic hydroxyl groups is 1. The first kappa shape index (κ1) is 9.52. The van der Waals surface area contributed by atoms with Gasteiger partial charge in [0.1, 0.15) is 5.75 Å². The molecule has 2 N–H and O–H groups in total. The summed E-state index contributed by atoms with van der Waals surface area (Å²) in [5.74, 6) is -0.743. The summed E-state index contributed by atoms with van der Waals surface area (Å²) < 4.78 is 0. The molecule has 2 rings (SSSR count). The Hall–Kier alpha value is -2.03. The first-order valence-corrected chi connectivity index (χ1v) is 4.54. The molecular formula is C12H10O3. The van der Waals surface area contributed by atoms with Gasteiger partial charge < -0.3 is 10.2 Å². The molecule has 0 aliphatic rings. The average molecular weight is 202 g/mol. The predicted octanol–water partition coefficient (Wildman–Crippen LogP) is 2.55. The molecule has 0 atom stereocenters. The molecule has 0 unspecified atom stereocenters. The van der Waals surface area contributed by atoms with Gasteiger partial charge in [0.15, 0.2) is 0 Å². The van der Waals surface area contributed by atoms with Crippen molar-refractivity contribution in [3.8, 4) is 5.75 Å². The highest BCUT2D eigenvalue weighted by Crippen LogP contribution is 2.25. The Morgan fingerprint density at radius 3 is 2.60 bits per heavy atom. The average Bonchev–Trinajstić information content (AvgIpc) is 2.16. The second-order valence-electron chi connectivity index (χ2n) is 3.50. The molecule has 0 radical (unpaired) electrons. The minimum absolute atomic E-state index is 0.197. The van der Waals surface area contributed by atoms with Crippen molar-refractivity contribution in [3.63, 3.8) is 0 Å². The molecular weight excluding hydrogens is 192 g/mol. The third-order valence-corrected chi connectivity index (χ3v) is 2.39. The molecule has 0 aliphatic heterocycles. The van der Waals surface area contributed by atoms with Gasteiger partial charge in [-0.2, -0.15) is 0 Å². The predicted molar refractivity (Wildman–Crippen MR) is 57.3 cm³/mol. The largest absolute Gasteiger partial charge is 0.508 e. The number of phenolic OH excluding ortho intramolecular Hbond substituents is 1. The molecule has 0 aromatic heterocycles. The molecule has 3 heteroatoms. The molecule has 0 fully saturated rings. The number of hydrogen-bond donors (Lipinski definition) is 2. The topological polar surface area (TPSA) is 57.5 Å². The highest BCUT2D eigenvalue weighted by Gasteiger charge is 2.05. The Morgan fingerprint density at radius 1 is 1.20 bits per heavy atom. The molecule has 2 aromatic rings. The number of carboxylic acid groups (broad SMARTS) is 1. The molecule has 0 amide bonds. The smallest absolute Gasteiger partial charge is 0.335 e. The summed E-state index contributed by atoms with van der Waals surface area (Å²) in [5, 5.41) is 19.9. The van der Waals surface area contributed by atoms with E-state index >= 15 is 0 Å². The molecule has 15 heavy (non-hydrogen) atoms. The lowest BCUT2D eigenvalue weighted by atomic mass is 10.0. The second kappa shape index (κ2) is 3.28. The fourth-order valence-electron chi connectivity index (χ4n) is 1.66. The van der Waals surface area contributed by atoms with E-state index in [0.717, 1.165) is 16.3 Å². The van der Waals surface area contributed by atoms with Crippen LogP contribution < -0.4 is 0 Å². The van der Waals surface area contributed by atoms with Crippen LogP contribution in [0.15, 0.2) is 30.3 Å². The van der Waals surface area contributed by atoms with E-state index in [1.165, 1.54) is 6.07 Å². The van der Waals surface area contributed by atoms with Crippen LogP contribution in [0.2, 0.25) is 0 Å². The molecule has 0 heterocycles. The Kier molecular flexibility index (Phi) is 2.08. The van der Waals surface area contributed by atoms with E-state index in [9.17, 15) is 9.90 Å². The summed E-state index contributed by atoms with van der Waals surface area (Å²) in [5.41, 5.74) is 1.13. The Balaban J connectivity index is 2.76. The minimum Gasteiger partial charge on any atom is -0.508 e. The van der Waals surface area contributed by atoms with Gasteiger partial charge in [-0.15, -0.1) is 0 Å². The molecule has 0 saturated carbocycles. The maximum absolute atomic E-state index is 10.8. The van der Waals surface area contributed by atoms with Gasteiger partial charge in [-0.05, 0) is 47.5 Å². The van der Waals surface area contributed by atoms with Gasteiger partial charge in [0.2, 0.25) is 0 Å². The van der Waals surface area contributed by atoms with Gasteiger partial charge in [-0.3, -0.25) is 0 Å². The zero-order valence-electron chi connectivity index (χ0n) is 8.19. The Bertz CT molecular complexity index is 544. The monoisotopic (exact) mass is 202 g/mol. The molecule has 0 saturated heterocycles. The van der Waals surface area contributed by atoms with Gasteiger partial charge in [0.05, 0.1) is 5.56 Å². The van der Waals surface area contributed by atoms with Gasteiger partial charge in [0.25, 0.3) is 0 Å². The zero-order valence-corrected chi connectivity index (χ0v) is 8.19. The van der Waals surface area contributed by atoms with Gasteiger partial charge in [-0.1, -0.05) is 6.07 Å². The van der Waals surface area contributed by atoms with Crippen molar-refractivity contribution in [1.29, 1.82) is 0 Å². The van der Waals surface area contributed by atoms with Crippen LogP contribution in [-0.2, 0) is 0 Å². The quantitative estimate of drug-likeness (QED) is 0.747. The number of carboxylic acids is 1. The van der Waals surface area contributed by atoms with E-state index in [-0.39, 0.29) is 11.3 Å². The maximum atomic E-state index is 10.8. The number of rotatable bonds is 1. The van der Waals surface area contributed by atoms with Crippen molar-refractivity contribution in [1.82, 2.24) is 0 Å². The van der Waals surface area contributed by atoms with Crippen LogP contribution in [0.4, 0.5) is 0 Å². The number of aryl methyl sites for hydroxylation is 1. The summed E-state index contributed by atoms with van der Waals surface area (Å²) in [6, 6.07) is 8.09. The molecule has 3 nitrogen and oxygen atoms in total. The highest BCUT2D eigenvalue weighted by atomic mass is 16.4. The third-order valence-electron chi connectivity index (χ3n) is 2.39. The van der Waals surface area contributed by atoms with Crippen LogP contribution >= 0.6 is 0 Å². The fourth-order valence-corrected chi connectivity index (χ4v) is 1.66. The van der Waals surface area contributed by atoms with Gasteiger partial charge in [-0.25, -0.2) is 4.79 Å². The molecule has 0 bridgehead atoms. The molecule has 0 spiro atoms. The SMILES string of the molecule is Cc1cc(O)cc2ccc(C(=O)O)cc12. The minimum atomic E-state index is -0.940. The number of aromatic carboxylic acids is 1. The first-order valence-electron chi connectivity index (χ1n) is 4.54. The summed E-state index contributed by atoms with van der Waals surface area (Å²) in [6.45, 7) is 1.84. The van der Waals surface area contributed by atoms with Gasteiger partial charge in [0, 0.05) is 0 Å². The van der Waals surface area contributed by atoms with Crippen molar-refractivity contribution in [3.05, 3.63) is 41.5 Å². The van der Waals surface area contributed by atoms with Crippen LogP contribution in [0, 0.1) is 6.92 Å². The van der Waals surface area contributed by atoms with E-state index in [1.54, 1.807) is 24.3 Å². The number of benzene rings is 2. The highest BCUT2D eigenvalue weighted by molar-refractivity contribution is 5.96. The maximum Gasteiger partial charge on any atom is 0.335 e. The second-order valence-corrected chi connectivity index (χ2v) is 3.50. The van der Waals surface area contributed by atoms with Crippen molar-refractivity contribution < 1.29 is 15.0 Å². The normalized spacial score (nSPS) is 10.5. The lowest BCUT2D eigenvalue weighted by Gasteiger charge is -2.04. The number of fused-ring (bicyclic) bond motifs is 1. The van der Waals surface area contributed by atoms with Crippen LogP contribution in [-0.4, -0.2) is 16.2 Å². The first-order chi connectivity index (χ1) is 7.08. The van der Waals surface area contributed by atoms with E-state index in [0.29, 0.717) is 0 Å². The molecule has 0 aliphatic carbocycles. The number of phenols is 1. The van der Waals surface area contributed by atoms with Crippen LogP contribution in [0.25, 0.3) is 10.8 Å². The van der Waals surface area contributed by atoms with Crippen LogP contribution in [0.3, 0.4) is 0 Å². The fraction of sp³-hybridized carbons (Fsp3) is 0.0833. The van der Waals surface area contributed by atoms with Crippen LogP contribution in [0.5, 0.6) is 5.75 Å². The van der Waals surface area contributed by atoms with Crippen molar-refractivity contribution in [2.45, 2.75) is 6.92 Å². The van der Waals surface area contributed by atoms with Crippen molar-refractivity contribution >= 4 is 16.7 Å². The number of carbonyl (C=O) groups is 1. The van der Waals surface area contributed by atoms with Crippen molar-refractivity contribution in [2.24, 2.45) is 0 Å². The summed E-state index contributed by atoms with van der Waals surface area (Å²) >= 11 is 0. The van der Waals surface area contributed by atoms with Crippen molar-refractivity contribution in [2.75, 3.05) is 0 Å². The van der Waals surface area contributed by atoms with Gasteiger partial charge >= 0.3 is 5.97 Å². The Labute approximate surface area is 86.6 Å². The summed E-state index contributed by atoms with van der Waals surface area (Å²) in [7, 11) is 0. The zero-order chi connectivity index (χ0) is 11.0. The number of hydrogen-bond acceptors (Lipinski definition) is 2. The van der Waals surface area contributed by atoms with Crippen LogP contribution in [0.1, 0.15) is 15.9 Å². The van der Waals surface area contributed by atoms with E-state index in [4.69, 9.17) is 5.11 Å². The summed E-state index contributed by atoms with van der Waals surface area (Å²) in [4.78, 5) is 10.8. The third kappa shape index (κ3) is 1.64. The summed E-state index contributed by atoms with van der Waals surface area (Å²) in [6.07, 6.45) is 0. The molecule has 76 valence electrons. The van der Waals surface area contributed by atoms with E-state index < -0.39 is 5.97 Å². The van der Waals surface area contributed by atoms with E-state index in [1.807, 2.05) is 6.92 Å².